The number of benzene rings is 2. The maximum atomic E-state index is 13.5. The molecule has 7 heteroatoms. The van der Waals surface area contributed by atoms with E-state index in [4.69, 9.17) is 0 Å². The standard InChI is InChI=1S/C16H14F3NO3/c1-8(6-9-2-5-12(21)13(22)7-9)16(23)20-11-4-3-10(17)14(18)15(11)19/h2-5,7-8,21-22H,6H2,1H3,(H,20,23). The number of nitrogens with one attached hydrogen (secondary N) is 1. The second kappa shape index (κ2) is 6.60. The summed E-state index contributed by atoms with van der Waals surface area (Å²) in [4.78, 5) is 12.0. The number of hydrogen-bond donors (Lipinski definition) is 3. The van der Waals surface area contributed by atoms with Gasteiger partial charge in [0, 0.05) is 5.92 Å². The molecule has 0 bridgehead atoms. The van der Waals surface area contributed by atoms with E-state index >= 15 is 0 Å². The van der Waals surface area contributed by atoms with E-state index in [1.54, 1.807) is 6.92 Å². The van der Waals surface area contributed by atoms with Gasteiger partial charge in [0.1, 0.15) is 0 Å². The molecule has 0 aromatic heterocycles. The normalized spacial score (nSPS) is 12.0. The van der Waals surface area contributed by atoms with Gasteiger partial charge in [0.15, 0.2) is 29.0 Å². The van der Waals surface area contributed by atoms with Gasteiger partial charge in [-0.3, -0.25) is 4.79 Å². The molecule has 122 valence electrons. The third-order valence-electron chi connectivity index (χ3n) is 3.32. The largest absolute Gasteiger partial charge is 0.504 e. The van der Waals surface area contributed by atoms with Crippen LogP contribution in [0.5, 0.6) is 11.5 Å². The Kier molecular flexibility index (Phi) is 4.78. The fourth-order valence-electron chi connectivity index (χ4n) is 2.02. The minimum absolute atomic E-state index is 0.199. The summed E-state index contributed by atoms with van der Waals surface area (Å²) in [5.41, 5.74) is 0.128. The van der Waals surface area contributed by atoms with Crippen LogP contribution >= 0.6 is 0 Å². The van der Waals surface area contributed by atoms with Crippen LogP contribution in [-0.2, 0) is 11.2 Å². The second-order valence-corrected chi connectivity index (χ2v) is 5.14. The van der Waals surface area contributed by atoms with Crippen molar-refractivity contribution in [1.82, 2.24) is 0 Å². The van der Waals surface area contributed by atoms with Gasteiger partial charge in [0.25, 0.3) is 0 Å². The molecule has 0 aliphatic heterocycles. The van der Waals surface area contributed by atoms with Gasteiger partial charge in [0.2, 0.25) is 5.91 Å². The smallest absolute Gasteiger partial charge is 0.227 e. The molecule has 0 radical (unpaired) electrons. The molecule has 1 unspecified atom stereocenters. The van der Waals surface area contributed by atoms with Crippen LogP contribution in [0.2, 0.25) is 0 Å². The monoisotopic (exact) mass is 325 g/mol. The van der Waals surface area contributed by atoms with Gasteiger partial charge in [-0.25, -0.2) is 13.2 Å². The van der Waals surface area contributed by atoms with Crippen molar-refractivity contribution in [2.75, 3.05) is 5.32 Å². The van der Waals surface area contributed by atoms with Gasteiger partial charge in [-0.05, 0) is 36.2 Å². The van der Waals surface area contributed by atoms with Crippen LogP contribution in [0.1, 0.15) is 12.5 Å². The highest BCUT2D eigenvalue weighted by Crippen LogP contribution is 2.26. The molecule has 0 saturated carbocycles. The van der Waals surface area contributed by atoms with Crippen LogP contribution < -0.4 is 5.32 Å². The second-order valence-electron chi connectivity index (χ2n) is 5.14. The third-order valence-corrected chi connectivity index (χ3v) is 3.32. The lowest BCUT2D eigenvalue weighted by atomic mass is 10.00. The van der Waals surface area contributed by atoms with Crippen molar-refractivity contribution in [2.45, 2.75) is 13.3 Å². The summed E-state index contributed by atoms with van der Waals surface area (Å²) >= 11 is 0. The van der Waals surface area contributed by atoms with E-state index in [0.29, 0.717) is 5.56 Å². The Labute approximate surface area is 130 Å². The quantitative estimate of drug-likeness (QED) is 0.596. The summed E-state index contributed by atoms with van der Waals surface area (Å²) in [6.07, 6.45) is 0.199. The van der Waals surface area contributed by atoms with E-state index in [-0.39, 0.29) is 17.9 Å². The molecule has 4 nitrogen and oxygen atoms in total. The maximum Gasteiger partial charge on any atom is 0.227 e. The minimum atomic E-state index is -1.65. The van der Waals surface area contributed by atoms with Crippen molar-refractivity contribution in [2.24, 2.45) is 5.92 Å². The summed E-state index contributed by atoms with van der Waals surface area (Å²) in [7, 11) is 0. The number of phenols is 2. The summed E-state index contributed by atoms with van der Waals surface area (Å²) < 4.78 is 39.5. The molecule has 2 aromatic rings. The number of hydrogen-bond acceptors (Lipinski definition) is 3. The van der Waals surface area contributed by atoms with E-state index in [0.717, 1.165) is 12.1 Å². The molecule has 0 heterocycles. The number of rotatable bonds is 4. The Balaban J connectivity index is 2.08. The van der Waals surface area contributed by atoms with E-state index in [9.17, 15) is 28.2 Å². The summed E-state index contributed by atoms with van der Waals surface area (Å²) in [6, 6.07) is 5.76. The molecule has 0 saturated heterocycles. The molecule has 0 aliphatic carbocycles. The summed E-state index contributed by atoms with van der Waals surface area (Å²) in [5.74, 6) is -6.29. The number of amides is 1. The molecular weight excluding hydrogens is 311 g/mol. The molecule has 3 N–H and O–H groups in total. The predicted octanol–water partition coefficient (Wildman–Crippen LogP) is 3.33. The van der Waals surface area contributed by atoms with Gasteiger partial charge in [0.05, 0.1) is 5.69 Å². The SMILES string of the molecule is CC(Cc1ccc(O)c(O)c1)C(=O)Nc1ccc(F)c(F)c1F. The lowest BCUT2D eigenvalue weighted by Crippen LogP contribution is -2.23. The number of aromatic hydroxyl groups is 2. The number of carbonyl (C=O) groups excluding carboxylic acids is 1. The van der Waals surface area contributed by atoms with Crippen molar-refractivity contribution < 1.29 is 28.2 Å². The van der Waals surface area contributed by atoms with Gasteiger partial charge in [-0.2, -0.15) is 0 Å². The van der Waals surface area contributed by atoms with Crippen LogP contribution in [-0.4, -0.2) is 16.1 Å². The Morgan fingerprint density at radius 3 is 2.43 bits per heavy atom. The van der Waals surface area contributed by atoms with Gasteiger partial charge in [-0.1, -0.05) is 13.0 Å². The number of halogens is 3. The van der Waals surface area contributed by atoms with Crippen molar-refractivity contribution in [1.29, 1.82) is 0 Å². The zero-order valence-corrected chi connectivity index (χ0v) is 12.1. The minimum Gasteiger partial charge on any atom is -0.504 e. The highest BCUT2D eigenvalue weighted by atomic mass is 19.2. The van der Waals surface area contributed by atoms with Crippen LogP contribution in [0.25, 0.3) is 0 Å². The van der Waals surface area contributed by atoms with Gasteiger partial charge < -0.3 is 15.5 Å². The Hall–Kier alpha value is -2.70. The topological polar surface area (TPSA) is 69.6 Å². The highest BCUT2D eigenvalue weighted by molar-refractivity contribution is 5.92. The maximum absolute atomic E-state index is 13.5. The summed E-state index contributed by atoms with van der Waals surface area (Å²) in [5, 5.41) is 20.8. The van der Waals surface area contributed by atoms with Crippen molar-refractivity contribution >= 4 is 11.6 Å². The first-order valence-electron chi connectivity index (χ1n) is 6.74. The van der Waals surface area contributed by atoms with E-state index in [1.165, 1.54) is 18.2 Å². The molecule has 0 spiro atoms. The molecule has 1 amide bonds. The van der Waals surface area contributed by atoms with Crippen molar-refractivity contribution in [3.05, 3.63) is 53.3 Å². The number of anilines is 1. The molecule has 0 fully saturated rings. The number of phenolic OH excluding ortho intramolecular Hbond substituents is 2. The molecule has 2 aromatic carbocycles. The number of carbonyl (C=O) groups is 1. The predicted molar refractivity (Wildman–Crippen MR) is 77.6 cm³/mol. The van der Waals surface area contributed by atoms with E-state index < -0.39 is 35.0 Å². The molecule has 0 aliphatic rings. The lowest BCUT2D eigenvalue weighted by Gasteiger charge is -2.13. The van der Waals surface area contributed by atoms with E-state index in [1.807, 2.05) is 0 Å². The summed E-state index contributed by atoms with van der Waals surface area (Å²) in [6.45, 7) is 1.55. The van der Waals surface area contributed by atoms with Gasteiger partial charge >= 0.3 is 0 Å². The first-order valence-corrected chi connectivity index (χ1v) is 6.74. The average molecular weight is 325 g/mol. The van der Waals surface area contributed by atoms with Crippen LogP contribution in [0.15, 0.2) is 30.3 Å². The fraction of sp³-hybridized carbons (Fsp3) is 0.188. The Morgan fingerprint density at radius 2 is 1.78 bits per heavy atom. The fourth-order valence-corrected chi connectivity index (χ4v) is 2.02. The van der Waals surface area contributed by atoms with Crippen molar-refractivity contribution in [3.63, 3.8) is 0 Å². The van der Waals surface area contributed by atoms with Crippen molar-refractivity contribution in [3.8, 4) is 11.5 Å². The van der Waals surface area contributed by atoms with Crippen LogP contribution in [0.4, 0.5) is 18.9 Å². The Morgan fingerprint density at radius 1 is 1.09 bits per heavy atom. The molecule has 23 heavy (non-hydrogen) atoms. The Bertz CT molecular complexity index is 750. The van der Waals surface area contributed by atoms with Gasteiger partial charge in [-0.15, -0.1) is 0 Å². The third kappa shape index (κ3) is 3.74. The average Bonchev–Trinajstić information content (AvgIpc) is 2.51. The van der Waals surface area contributed by atoms with Crippen LogP contribution in [0.3, 0.4) is 0 Å². The zero-order valence-electron chi connectivity index (χ0n) is 12.1. The zero-order chi connectivity index (χ0) is 17.1. The first kappa shape index (κ1) is 16.7. The lowest BCUT2D eigenvalue weighted by molar-refractivity contribution is -0.119. The van der Waals surface area contributed by atoms with E-state index in [2.05, 4.69) is 5.32 Å². The molecule has 1 atom stereocenters. The molecular formula is C16H14F3NO3. The molecule has 2 rings (SSSR count). The highest BCUT2D eigenvalue weighted by Gasteiger charge is 2.19. The van der Waals surface area contributed by atoms with Crippen LogP contribution in [0, 0.1) is 23.4 Å². The first-order chi connectivity index (χ1) is 10.8.